The van der Waals surface area contributed by atoms with Crippen molar-refractivity contribution in [2.75, 3.05) is 0 Å². The number of ketones is 1. The SMILES string of the molecule is CC(=O)Cc1ccc(OC(C)C)c(Br)c1. The van der Waals surface area contributed by atoms with Gasteiger partial charge in [-0.25, -0.2) is 0 Å². The summed E-state index contributed by atoms with van der Waals surface area (Å²) < 4.78 is 6.47. The lowest BCUT2D eigenvalue weighted by Crippen LogP contribution is -2.06. The molecule has 0 aliphatic rings. The van der Waals surface area contributed by atoms with Crippen LogP contribution >= 0.6 is 15.9 Å². The lowest BCUT2D eigenvalue weighted by Gasteiger charge is -2.12. The molecule has 0 amide bonds. The molecule has 0 N–H and O–H groups in total. The molecular formula is C12H15BrO2. The summed E-state index contributed by atoms with van der Waals surface area (Å²) in [5.41, 5.74) is 1.01. The molecule has 0 bridgehead atoms. The largest absolute Gasteiger partial charge is 0.490 e. The van der Waals surface area contributed by atoms with Crippen molar-refractivity contribution in [3.63, 3.8) is 0 Å². The summed E-state index contributed by atoms with van der Waals surface area (Å²) in [5.74, 6) is 0.983. The van der Waals surface area contributed by atoms with E-state index in [1.165, 1.54) is 0 Å². The Morgan fingerprint density at radius 1 is 1.47 bits per heavy atom. The van der Waals surface area contributed by atoms with Gasteiger partial charge in [-0.15, -0.1) is 0 Å². The van der Waals surface area contributed by atoms with Gasteiger partial charge in [0, 0.05) is 6.42 Å². The highest BCUT2D eigenvalue weighted by Crippen LogP contribution is 2.27. The second-order valence-electron chi connectivity index (χ2n) is 3.81. The van der Waals surface area contributed by atoms with Gasteiger partial charge in [-0.3, -0.25) is 4.79 Å². The molecule has 0 saturated carbocycles. The van der Waals surface area contributed by atoms with Crippen LogP contribution in [0.5, 0.6) is 5.75 Å². The monoisotopic (exact) mass is 270 g/mol. The van der Waals surface area contributed by atoms with E-state index >= 15 is 0 Å². The second-order valence-corrected chi connectivity index (χ2v) is 4.66. The van der Waals surface area contributed by atoms with Crippen LogP contribution in [0.25, 0.3) is 0 Å². The zero-order chi connectivity index (χ0) is 11.4. The van der Waals surface area contributed by atoms with Crippen LogP contribution < -0.4 is 4.74 Å². The first-order chi connectivity index (χ1) is 6.99. The van der Waals surface area contributed by atoms with Crippen LogP contribution in [0.4, 0.5) is 0 Å². The van der Waals surface area contributed by atoms with Crippen LogP contribution in [0.15, 0.2) is 22.7 Å². The summed E-state index contributed by atoms with van der Waals surface area (Å²) >= 11 is 3.43. The minimum atomic E-state index is 0.153. The van der Waals surface area contributed by atoms with Crippen molar-refractivity contribution in [2.45, 2.75) is 33.3 Å². The van der Waals surface area contributed by atoms with Gasteiger partial charge in [0.15, 0.2) is 0 Å². The number of benzene rings is 1. The van der Waals surface area contributed by atoms with Gasteiger partial charge in [-0.1, -0.05) is 6.07 Å². The molecule has 15 heavy (non-hydrogen) atoms. The molecule has 1 aromatic rings. The van der Waals surface area contributed by atoms with E-state index in [1.807, 2.05) is 32.0 Å². The van der Waals surface area contributed by atoms with Crippen molar-refractivity contribution in [1.82, 2.24) is 0 Å². The zero-order valence-corrected chi connectivity index (χ0v) is 10.8. The van der Waals surface area contributed by atoms with Gasteiger partial charge in [0.05, 0.1) is 10.6 Å². The van der Waals surface area contributed by atoms with Crippen LogP contribution in [0.3, 0.4) is 0 Å². The fourth-order valence-corrected chi connectivity index (χ4v) is 1.81. The summed E-state index contributed by atoms with van der Waals surface area (Å²) in [4.78, 5) is 10.9. The minimum Gasteiger partial charge on any atom is -0.490 e. The molecule has 0 aliphatic carbocycles. The van der Waals surface area contributed by atoms with Crippen LogP contribution in [-0.4, -0.2) is 11.9 Å². The van der Waals surface area contributed by atoms with E-state index in [-0.39, 0.29) is 11.9 Å². The molecule has 0 saturated heterocycles. The number of ether oxygens (including phenoxy) is 1. The van der Waals surface area contributed by atoms with Crippen molar-refractivity contribution in [1.29, 1.82) is 0 Å². The Bertz CT molecular complexity index is 359. The first-order valence-electron chi connectivity index (χ1n) is 4.93. The molecule has 0 atom stereocenters. The summed E-state index contributed by atoms with van der Waals surface area (Å²) in [6.07, 6.45) is 0.626. The summed E-state index contributed by atoms with van der Waals surface area (Å²) in [6.45, 7) is 5.55. The molecule has 3 heteroatoms. The average molecular weight is 271 g/mol. The van der Waals surface area contributed by atoms with Gasteiger partial charge < -0.3 is 4.74 Å². The van der Waals surface area contributed by atoms with Gasteiger partial charge in [-0.05, 0) is 54.4 Å². The van der Waals surface area contributed by atoms with E-state index < -0.39 is 0 Å². The summed E-state index contributed by atoms with van der Waals surface area (Å²) in [7, 11) is 0. The number of Topliss-reactive ketones (excluding diaryl/α,β-unsaturated/α-hetero) is 1. The van der Waals surface area contributed by atoms with E-state index in [4.69, 9.17) is 4.74 Å². The number of hydrogen-bond acceptors (Lipinski definition) is 2. The first-order valence-corrected chi connectivity index (χ1v) is 5.73. The predicted octanol–water partition coefficient (Wildman–Crippen LogP) is 3.37. The lowest BCUT2D eigenvalue weighted by atomic mass is 10.1. The van der Waals surface area contributed by atoms with Crippen LogP contribution in [0, 0.1) is 0 Å². The normalized spacial score (nSPS) is 10.5. The van der Waals surface area contributed by atoms with E-state index in [1.54, 1.807) is 6.92 Å². The molecule has 0 heterocycles. The lowest BCUT2D eigenvalue weighted by molar-refractivity contribution is -0.116. The Morgan fingerprint density at radius 2 is 2.13 bits per heavy atom. The van der Waals surface area contributed by atoms with Crippen LogP contribution in [-0.2, 0) is 11.2 Å². The molecule has 0 radical (unpaired) electrons. The maximum absolute atomic E-state index is 10.9. The fraction of sp³-hybridized carbons (Fsp3) is 0.417. The Morgan fingerprint density at radius 3 is 2.60 bits per heavy atom. The molecular weight excluding hydrogens is 256 g/mol. The van der Waals surface area contributed by atoms with Crippen molar-refractivity contribution in [2.24, 2.45) is 0 Å². The highest BCUT2D eigenvalue weighted by atomic mass is 79.9. The quantitative estimate of drug-likeness (QED) is 0.839. The Hall–Kier alpha value is -0.830. The van der Waals surface area contributed by atoms with Crippen LogP contribution in [0.2, 0.25) is 0 Å². The number of rotatable bonds is 4. The topological polar surface area (TPSA) is 26.3 Å². The summed E-state index contributed by atoms with van der Waals surface area (Å²) in [5, 5.41) is 0. The molecule has 0 spiro atoms. The van der Waals surface area contributed by atoms with E-state index in [0.29, 0.717) is 6.42 Å². The van der Waals surface area contributed by atoms with Gasteiger partial charge in [-0.2, -0.15) is 0 Å². The molecule has 0 fully saturated rings. The highest BCUT2D eigenvalue weighted by Gasteiger charge is 2.05. The van der Waals surface area contributed by atoms with Crippen molar-refractivity contribution >= 4 is 21.7 Å². The Kier molecular flexibility index (Phi) is 4.33. The molecule has 1 rings (SSSR count). The highest BCUT2D eigenvalue weighted by molar-refractivity contribution is 9.10. The minimum absolute atomic E-state index is 0.153. The number of carbonyl (C=O) groups is 1. The van der Waals surface area contributed by atoms with Crippen molar-refractivity contribution < 1.29 is 9.53 Å². The van der Waals surface area contributed by atoms with Crippen molar-refractivity contribution in [3.8, 4) is 5.75 Å². The van der Waals surface area contributed by atoms with Crippen LogP contribution in [0.1, 0.15) is 26.3 Å². The smallest absolute Gasteiger partial charge is 0.134 e. The first kappa shape index (κ1) is 12.2. The standard InChI is InChI=1S/C12H15BrO2/c1-8(2)15-12-5-4-10(6-9(3)14)7-11(12)13/h4-5,7-8H,6H2,1-3H3. The Labute approximate surface area is 98.8 Å². The molecule has 0 unspecified atom stereocenters. The number of carbonyl (C=O) groups excluding carboxylic acids is 1. The number of halogens is 1. The third-order valence-corrected chi connectivity index (χ3v) is 2.43. The molecule has 0 aromatic heterocycles. The van der Waals surface area contributed by atoms with E-state index in [0.717, 1.165) is 15.8 Å². The molecule has 2 nitrogen and oxygen atoms in total. The Balaban J connectivity index is 2.83. The van der Waals surface area contributed by atoms with Gasteiger partial charge in [0.1, 0.15) is 11.5 Å². The third kappa shape index (κ3) is 4.04. The maximum atomic E-state index is 10.9. The van der Waals surface area contributed by atoms with Gasteiger partial charge in [0.2, 0.25) is 0 Å². The third-order valence-electron chi connectivity index (χ3n) is 1.81. The predicted molar refractivity (Wildman–Crippen MR) is 64.3 cm³/mol. The second kappa shape index (κ2) is 5.31. The van der Waals surface area contributed by atoms with Gasteiger partial charge >= 0.3 is 0 Å². The average Bonchev–Trinajstić information content (AvgIpc) is 2.08. The fourth-order valence-electron chi connectivity index (χ4n) is 1.29. The molecule has 82 valence electrons. The summed E-state index contributed by atoms with van der Waals surface area (Å²) in [6, 6.07) is 5.74. The van der Waals surface area contributed by atoms with E-state index in [9.17, 15) is 4.79 Å². The maximum Gasteiger partial charge on any atom is 0.134 e. The van der Waals surface area contributed by atoms with Gasteiger partial charge in [0.25, 0.3) is 0 Å². The zero-order valence-electron chi connectivity index (χ0n) is 9.21. The number of hydrogen-bond donors (Lipinski definition) is 0. The van der Waals surface area contributed by atoms with E-state index in [2.05, 4.69) is 15.9 Å². The molecule has 1 aromatic carbocycles. The van der Waals surface area contributed by atoms with Crippen molar-refractivity contribution in [3.05, 3.63) is 28.2 Å². The molecule has 0 aliphatic heterocycles.